The van der Waals surface area contributed by atoms with Crippen molar-refractivity contribution in [2.24, 2.45) is 7.05 Å². The van der Waals surface area contributed by atoms with Crippen LogP contribution in [0.4, 0.5) is 0 Å². The Bertz CT molecular complexity index is 769. The third kappa shape index (κ3) is 4.44. The summed E-state index contributed by atoms with van der Waals surface area (Å²) < 4.78 is 7.14. The predicted octanol–water partition coefficient (Wildman–Crippen LogP) is 0.718. The Labute approximate surface area is 164 Å². The highest BCUT2D eigenvalue weighted by Crippen LogP contribution is 2.27. The van der Waals surface area contributed by atoms with E-state index in [1.54, 1.807) is 12.0 Å². The van der Waals surface area contributed by atoms with E-state index in [4.69, 9.17) is 4.74 Å². The number of piperazine rings is 1. The zero-order valence-electron chi connectivity index (χ0n) is 16.4. The molecule has 3 rings (SSSR count). The highest BCUT2D eigenvalue weighted by Gasteiger charge is 2.28. The lowest BCUT2D eigenvalue weighted by atomic mass is 10.2. The van der Waals surface area contributed by atoms with Crippen molar-refractivity contribution in [3.8, 4) is 17.1 Å². The van der Waals surface area contributed by atoms with Crippen molar-refractivity contribution in [3.05, 3.63) is 24.3 Å². The first-order valence-corrected chi connectivity index (χ1v) is 10.2. The molecule has 0 aliphatic carbocycles. The molecule has 8 heteroatoms. The Morgan fingerprint density at radius 1 is 1.26 bits per heavy atom. The van der Waals surface area contributed by atoms with E-state index < -0.39 is 0 Å². The van der Waals surface area contributed by atoms with Gasteiger partial charge in [0.25, 0.3) is 0 Å². The molecule has 27 heavy (non-hydrogen) atoms. The minimum absolute atomic E-state index is 0.181. The van der Waals surface area contributed by atoms with Gasteiger partial charge < -0.3 is 19.1 Å². The van der Waals surface area contributed by atoms with E-state index in [-0.39, 0.29) is 11.2 Å². The molecule has 2 aromatic rings. The number of hydrogen-bond donors (Lipinski definition) is 1. The summed E-state index contributed by atoms with van der Waals surface area (Å²) in [6, 6.07) is 7.73. The minimum Gasteiger partial charge on any atom is -0.497 e. The van der Waals surface area contributed by atoms with Crippen molar-refractivity contribution < 1.29 is 14.4 Å². The van der Waals surface area contributed by atoms with Crippen molar-refractivity contribution in [1.29, 1.82) is 0 Å². The molecule has 0 radical (unpaired) electrons. The molecule has 7 nitrogen and oxygen atoms in total. The van der Waals surface area contributed by atoms with Crippen molar-refractivity contribution in [1.82, 2.24) is 19.7 Å². The maximum atomic E-state index is 12.8. The number of carbonyl (C=O) groups is 1. The molecule has 146 valence electrons. The summed E-state index contributed by atoms with van der Waals surface area (Å²) in [5, 5.41) is 9.18. The van der Waals surface area contributed by atoms with Crippen LogP contribution in [-0.4, -0.2) is 70.7 Å². The van der Waals surface area contributed by atoms with Crippen LogP contribution in [0.25, 0.3) is 11.4 Å². The van der Waals surface area contributed by atoms with Crippen molar-refractivity contribution >= 4 is 17.7 Å². The normalized spacial score (nSPS) is 16.4. The molecule has 1 aromatic heterocycles. The Morgan fingerprint density at radius 3 is 2.52 bits per heavy atom. The van der Waals surface area contributed by atoms with Gasteiger partial charge in [-0.1, -0.05) is 11.8 Å². The highest BCUT2D eigenvalue weighted by atomic mass is 32.2. The van der Waals surface area contributed by atoms with Gasteiger partial charge in [0.1, 0.15) is 5.75 Å². The first-order chi connectivity index (χ1) is 13.0. The van der Waals surface area contributed by atoms with E-state index in [2.05, 4.69) is 17.1 Å². The maximum Gasteiger partial charge on any atom is 0.236 e. The number of nitrogens with zero attached hydrogens (tertiary/aromatic N) is 4. The molecule has 0 unspecified atom stereocenters. The van der Waals surface area contributed by atoms with E-state index in [1.807, 2.05) is 47.7 Å². The van der Waals surface area contributed by atoms with Crippen LogP contribution in [0.3, 0.4) is 0 Å². The monoisotopic (exact) mass is 390 g/mol. The molecular weight excluding hydrogens is 362 g/mol. The summed E-state index contributed by atoms with van der Waals surface area (Å²) in [6.45, 7) is 9.01. The SMILES string of the molecule is CC[NH+]1CCN(C(=O)[C@H](C)Sc2nnc(-c3ccc(OC)cc3)n2C)CC1. The standard InChI is InChI=1S/C19H27N5O2S/c1-5-23-10-12-24(13-11-23)18(25)14(2)27-19-21-20-17(22(19)3)15-6-8-16(26-4)9-7-15/h6-9,14H,5,10-13H2,1-4H3/p+1/t14-/m0/s1. The van der Waals surface area contributed by atoms with Crippen LogP contribution in [0.15, 0.2) is 29.4 Å². The highest BCUT2D eigenvalue weighted by molar-refractivity contribution is 8.00. The van der Waals surface area contributed by atoms with Gasteiger partial charge in [-0.25, -0.2) is 0 Å². The van der Waals surface area contributed by atoms with E-state index >= 15 is 0 Å². The number of nitrogens with one attached hydrogen (secondary N) is 1. The summed E-state index contributed by atoms with van der Waals surface area (Å²) in [7, 11) is 3.58. The van der Waals surface area contributed by atoms with Gasteiger partial charge >= 0.3 is 0 Å². The van der Waals surface area contributed by atoms with Gasteiger partial charge in [0.05, 0.1) is 45.1 Å². The number of quaternary nitrogens is 1. The van der Waals surface area contributed by atoms with E-state index in [9.17, 15) is 4.79 Å². The average Bonchev–Trinajstić information content (AvgIpc) is 3.07. The summed E-state index contributed by atoms with van der Waals surface area (Å²) in [6.07, 6.45) is 0. The smallest absolute Gasteiger partial charge is 0.236 e. The van der Waals surface area contributed by atoms with Gasteiger partial charge in [0.15, 0.2) is 11.0 Å². The number of carbonyl (C=O) groups excluding carboxylic acids is 1. The van der Waals surface area contributed by atoms with Gasteiger partial charge in [0.2, 0.25) is 5.91 Å². The van der Waals surface area contributed by atoms with Crippen LogP contribution >= 0.6 is 11.8 Å². The van der Waals surface area contributed by atoms with Crippen molar-refractivity contribution in [2.45, 2.75) is 24.3 Å². The van der Waals surface area contributed by atoms with Crippen molar-refractivity contribution in [2.75, 3.05) is 39.8 Å². The fraction of sp³-hybridized carbons (Fsp3) is 0.526. The maximum absolute atomic E-state index is 12.8. The molecule has 1 amide bonds. The predicted molar refractivity (Wildman–Crippen MR) is 106 cm³/mol. The van der Waals surface area contributed by atoms with Gasteiger partial charge in [-0.2, -0.15) is 0 Å². The topological polar surface area (TPSA) is 64.7 Å². The van der Waals surface area contributed by atoms with Crippen LogP contribution in [0.2, 0.25) is 0 Å². The molecule has 1 fully saturated rings. The fourth-order valence-corrected chi connectivity index (χ4v) is 4.17. The number of ether oxygens (including phenoxy) is 1. The Hall–Kier alpha value is -2.06. The molecule has 1 N–H and O–H groups in total. The Balaban J connectivity index is 1.65. The molecular formula is C19H28N5O2S+. The van der Waals surface area contributed by atoms with Crippen LogP contribution in [0.1, 0.15) is 13.8 Å². The summed E-state index contributed by atoms with van der Waals surface area (Å²) >= 11 is 1.47. The molecule has 0 saturated carbocycles. The van der Waals surface area contributed by atoms with Crippen molar-refractivity contribution in [3.63, 3.8) is 0 Å². The zero-order chi connectivity index (χ0) is 19.4. The molecule has 1 aromatic carbocycles. The van der Waals surface area contributed by atoms with Gasteiger partial charge in [-0.15, -0.1) is 10.2 Å². The summed E-state index contributed by atoms with van der Waals surface area (Å²) in [4.78, 5) is 16.3. The lowest BCUT2D eigenvalue weighted by Gasteiger charge is -2.32. The molecule has 1 aliphatic rings. The second kappa shape index (κ2) is 8.75. The first-order valence-electron chi connectivity index (χ1n) is 9.36. The number of hydrogen-bond acceptors (Lipinski definition) is 5. The van der Waals surface area contributed by atoms with Crippen LogP contribution in [0.5, 0.6) is 5.75 Å². The number of methoxy groups -OCH3 is 1. The summed E-state index contributed by atoms with van der Waals surface area (Å²) in [5.41, 5.74) is 0.968. The minimum atomic E-state index is -0.181. The number of benzene rings is 1. The third-order valence-corrected chi connectivity index (χ3v) is 6.22. The second-order valence-electron chi connectivity index (χ2n) is 6.78. The fourth-order valence-electron chi connectivity index (χ4n) is 3.27. The number of aromatic nitrogens is 3. The number of likely N-dealkylation sites (N-methyl/N-ethyl adjacent to an activating group) is 1. The van der Waals surface area contributed by atoms with Gasteiger partial charge in [-0.3, -0.25) is 4.79 Å². The average molecular weight is 391 g/mol. The number of thioether (sulfide) groups is 1. The molecule has 1 aliphatic heterocycles. The zero-order valence-corrected chi connectivity index (χ0v) is 17.3. The quantitative estimate of drug-likeness (QED) is 0.737. The van der Waals surface area contributed by atoms with Gasteiger partial charge in [-0.05, 0) is 38.1 Å². The Kier molecular flexibility index (Phi) is 6.38. The first kappa shape index (κ1) is 19.7. The lowest BCUT2D eigenvalue weighted by molar-refractivity contribution is -0.902. The van der Waals surface area contributed by atoms with E-state index in [1.165, 1.54) is 11.8 Å². The Morgan fingerprint density at radius 2 is 1.93 bits per heavy atom. The molecule has 2 heterocycles. The van der Waals surface area contributed by atoms with Gasteiger partial charge in [0, 0.05) is 12.6 Å². The molecule has 1 saturated heterocycles. The van der Waals surface area contributed by atoms with E-state index in [0.717, 1.165) is 55.0 Å². The largest absolute Gasteiger partial charge is 0.497 e. The molecule has 0 bridgehead atoms. The third-order valence-electron chi connectivity index (χ3n) is 5.10. The van der Waals surface area contributed by atoms with Crippen LogP contribution in [0, 0.1) is 0 Å². The number of amides is 1. The van der Waals surface area contributed by atoms with Crippen LogP contribution in [-0.2, 0) is 11.8 Å². The molecule has 0 spiro atoms. The number of rotatable bonds is 6. The molecule has 1 atom stereocenters. The van der Waals surface area contributed by atoms with Crippen LogP contribution < -0.4 is 9.64 Å². The van der Waals surface area contributed by atoms with E-state index in [0.29, 0.717) is 0 Å². The second-order valence-corrected chi connectivity index (χ2v) is 8.09. The lowest BCUT2D eigenvalue weighted by Crippen LogP contribution is -3.14. The summed E-state index contributed by atoms with van der Waals surface area (Å²) in [5.74, 6) is 1.77.